The summed E-state index contributed by atoms with van der Waals surface area (Å²) in [6.07, 6.45) is 0.790. The number of ketones is 1. The first-order valence-electron chi connectivity index (χ1n) is 6.11. The second kappa shape index (κ2) is 5.61. The molecule has 19 heavy (non-hydrogen) atoms. The molecule has 0 amide bonds. The Kier molecular flexibility index (Phi) is 4.09. The molecule has 2 rings (SSSR count). The number of sulfone groups is 1. The number of rotatable bonds is 4. The zero-order valence-electron chi connectivity index (χ0n) is 10.7. The molecule has 1 aromatic carbocycles. The van der Waals surface area contributed by atoms with Crippen molar-refractivity contribution in [1.29, 1.82) is 0 Å². The zero-order valence-corrected chi connectivity index (χ0v) is 11.5. The molecule has 0 N–H and O–H groups in total. The third-order valence-electron chi connectivity index (χ3n) is 2.80. The molecule has 0 aliphatic carbocycles. The third kappa shape index (κ3) is 3.47. The second-order valence-electron chi connectivity index (χ2n) is 4.43. The number of fused-ring (bicyclic) bond motifs is 1. The molecule has 0 unspecified atom stereocenters. The Morgan fingerprint density at radius 2 is 1.89 bits per heavy atom. The van der Waals surface area contributed by atoms with Crippen LogP contribution in [0.15, 0.2) is 23.1 Å². The van der Waals surface area contributed by atoms with Crippen LogP contribution < -0.4 is 9.47 Å². The van der Waals surface area contributed by atoms with Gasteiger partial charge in [-0.3, -0.25) is 4.79 Å². The highest BCUT2D eigenvalue weighted by atomic mass is 32.2. The molecule has 0 saturated heterocycles. The average molecular weight is 284 g/mol. The SMILES string of the molecule is CC(=O)CCS(=O)(=O)c1ccc2c(c1)OCCCO2. The molecular formula is C13H16O5S. The van der Waals surface area contributed by atoms with E-state index in [4.69, 9.17) is 9.47 Å². The molecule has 0 spiro atoms. The van der Waals surface area contributed by atoms with Gasteiger partial charge in [-0.05, 0) is 19.1 Å². The van der Waals surface area contributed by atoms with Gasteiger partial charge in [0, 0.05) is 18.9 Å². The van der Waals surface area contributed by atoms with Crippen molar-refractivity contribution in [2.45, 2.75) is 24.7 Å². The van der Waals surface area contributed by atoms with Gasteiger partial charge in [0.2, 0.25) is 0 Å². The molecule has 1 heterocycles. The van der Waals surface area contributed by atoms with Crippen LogP contribution in [0.5, 0.6) is 11.5 Å². The lowest BCUT2D eigenvalue weighted by Crippen LogP contribution is -2.10. The molecule has 0 bridgehead atoms. The summed E-state index contributed by atoms with van der Waals surface area (Å²) in [5, 5.41) is 0. The van der Waals surface area contributed by atoms with Crippen LogP contribution in [0.1, 0.15) is 19.8 Å². The van der Waals surface area contributed by atoms with Gasteiger partial charge in [0.05, 0.1) is 23.9 Å². The second-order valence-corrected chi connectivity index (χ2v) is 6.54. The Bertz CT molecular complexity index is 577. The van der Waals surface area contributed by atoms with Crippen molar-refractivity contribution in [3.8, 4) is 11.5 Å². The Morgan fingerprint density at radius 1 is 1.21 bits per heavy atom. The Balaban J connectivity index is 2.25. The van der Waals surface area contributed by atoms with E-state index >= 15 is 0 Å². The van der Waals surface area contributed by atoms with Crippen molar-refractivity contribution >= 4 is 15.6 Å². The molecular weight excluding hydrogens is 268 g/mol. The Hall–Kier alpha value is -1.56. The number of carbonyl (C=O) groups excluding carboxylic acids is 1. The summed E-state index contributed by atoms with van der Waals surface area (Å²) in [4.78, 5) is 11.1. The first kappa shape index (κ1) is 13.9. The minimum Gasteiger partial charge on any atom is -0.490 e. The van der Waals surface area contributed by atoms with Gasteiger partial charge in [0.1, 0.15) is 5.78 Å². The van der Waals surface area contributed by atoms with Crippen LogP contribution in [-0.4, -0.2) is 33.2 Å². The predicted octanol–water partition coefficient (Wildman–Crippen LogP) is 1.60. The maximum atomic E-state index is 12.1. The Morgan fingerprint density at radius 3 is 2.58 bits per heavy atom. The summed E-state index contributed by atoms with van der Waals surface area (Å²) in [6, 6.07) is 4.56. The lowest BCUT2D eigenvalue weighted by atomic mass is 10.3. The minimum absolute atomic E-state index is 0.0246. The highest BCUT2D eigenvalue weighted by molar-refractivity contribution is 7.91. The molecule has 1 aromatic rings. The molecule has 104 valence electrons. The van der Waals surface area contributed by atoms with Gasteiger partial charge in [0.15, 0.2) is 21.3 Å². The topological polar surface area (TPSA) is 69.7 Å². The summed E-state index contributed by atoms with van der Waals surface area (Å²) < 4.78 is 35.0. The van der Waals surface area contributed by atoms with Crippen molar-refractivity contribution in [2.75, 3.05) is 19.0 Å². The maximum Gasteiger partial charge on any atom is 0.178 e. The quantitative estimate of drug-likeness (QED) is 0.840. The number of Topliss-reactive ketones (excluding diaryl/α,β-unsaturated/α-hetero) is 1. The van der Waals surface area contributed by atoms with E-state index in [0.717, 1.165) is 6.42 Å². The van der Waals surface area contributed by atoms with Gasteiger partial charge in [-0.1, -0.05) is 0 Å². The van der Waals surface area contributed by atoms with Gasteiger partial charge in [-0.2, -0.15) is 0 Å². The van der Waals surface area contributed by atoms with Crippen LogP contribution >= 0.6 is 0 Å². The largest absolute Gasteiger partial charge is 0.490 e. The minimum atomic E-state index is -3.46. The number of hydrogen-bond donors (Lipinski definition) is 0. The van der Waals surface area contributed by atoms with Crippen LogP contribution in [-0.2, 0) is 14.6 Å². The normalized spacial score (nSPS) is 14.8. The van der Waals surface area contributed by atoms with E-state index in [1.54, 1.807) is 6.07 Å². The molecule has 0 fully saturated rings. The molecule has 6 heteroatoms. The van der Waals surface area contributed by atoms with Crippen LogP contribution in [0.25, 0.3) is 0 Å². The molecule has 5 nitrogen and oxygen atoms in total. The Labute approximate surface area is 112 Å². The fourth-order valence-electron chi connectivity index (χ4n) is 1.73. The fourth-order valence-corrected chi connectivity index (χ4v) is 3.09. The van der Waals surface area contributed by atoms with Crippen molar-refractivity contribution < 1.29 is 22.7 Å². The molecule has 1 aliphatic rings. The number of ether oxygens (including phenoxy) is 2. The smallest absolute Gasteiger partial charge is 0.178 e. The van der Waals surface area contributed by atoms with E-state index in [2.05, 4.69) is 0 Å². The number of carbonyl (C=O) groups is 1. The van der Waals surface area contributed by atoms with E-state index in [9.17, 15) is 13.2 Å². The molecule has 0 radical (unpaired) electrons. The maximum absolute atomic E-state index is 12.1. The van der Waals surface area contributed by atoms with Crippen molar-refractivity contribution in [3.63, 3.8) is 0 Å². The summed E-state index contributed by atoms with van der Waals surface area (Å²) in [7, 11) is -3.46. The van der Waals surface area contributed by atoms with Crippen LogP contribution in [0.2, 0.25) is 0 Å². The van der Waals surface area contributed by atoms with Gasteiger partial charge in [-0.15, -0.1) is 0 Å². The highest BCUT2D eigenvalue weighted by Gasteiger charge is 2.19. The van der Waals surface area contributed by atoms with E-state index in [1.165, 1.54) is 19.1 Å². The van der Waals surface area contributed by atoms with Crippen molar-refractivity contribution in [1.82, 2.24) is 0 Å². The highest BCUT2D eigenvalue weighted by Crippen LogP contribution is 2.32. The van der Waals surface area contributed by atoms with Gasteiger partial charge in [-0.25, -0.2) is 8.42 Å². The van der Waals surface area contributed by atoms with Crippen LogP contribution in [0.3, 0.4) is 0 Å². The van der Waals surface area contributed by atoms with Crippen LogP contribution in [0.4, 0.5) is 0 Å². The monoisotopic (exact) mass is 284 g/mol. The number of hydrogen-bond acceptors (Lipinski definition) is 5. The van der Waals surface area contributed by atoms with E-state index in [-0.39, 0.29) is 22.9 Å². The molecule has 1 aliphatic heterocycles. The van der Waals surface area contributed by atoms with E-state index in [1.807, 2.05) is 0 Å². The summed E-state index contributed by atoms with van der Waals surface area (Å²) in [6.45, 7) is 2.44. The van der Waals surface area contributed by atoms with E-state index < -0.39 is 9.84 Å². The van der Waals surface area contributed by atoms with Gasteiger partial charge >= 0.3 is 0 Å². The fraction of sp³-hybridized carbons (Fsp3) is 0.462. The van der Waals surface area contributed by atoms with Gasteiger partial charge < -0.3 is 9.47 Å². The third-order valence-corrected chi connectivity index (χ3v) is 4.51. The molecule has 0 atom stereocenters. The number of benzene rings is 1. The first-order chi connectivity index (χ1) is 8.99. The van der Waals surface area contributed by atoms with Crippen LogP contribution in [0, 0.1) is 0 Å². The molecule has 0 saturated carbocycles. The summed E-state index contributed by atoms with van der Waals surface area (Å²) in [5.41, 5.74) is 0. The first-order valence-corrected chi connectivity index (χ1v) is 7.76. The van der Waals surface area contributed by atoms with Crippen molar-refractivity contribution in [3.05, 3.63) is 18.2 Å². The summed E-state index contributed by atoms with van der Waals surface area (Å²) in [5.74, 6) is 0.685. The zero-order chi connectivity index (χ0) is 13.9. The summed E-state index contributed by atoms with van der Waals surface area (Å²) >= 11 is 0. The predicted molar refractivity (Wildman–Crippen MR) is 69.4 cm³/mol. The lowest BCUT2D eigenvalue weighted by Gasteiger charge is -2.09. The van der Waals surface area contributed by atoms with Gasteiger partial charge in [0.25, 0.3) is 0 Å². The van der Waals surface area contributed by atoms with E-state index in [0.29, 0.717) is 24.7 Å². The average Bonchev–Trinajstić information content (AvgIpc) is 2.60. The van der Waals surface area contributed by atoms with Crippen molar-refractivity contribution in [2.24, 2.45) is 0 Å². The standard InChI is InChI=1S/C13H16O5S/c1-10(14)5-8-19(15,16)11-3-4-12-13(9-11)18-7-2-6-17-12/h3-4,9H,2,5-8H2,1H3. The molecule has 0 aromatic heterocycles. The lowest BCUT2D eigenvalue weighted by molar-refractivity contribution is -0.116.